The van der Waals surface area contributed by atoms with Gasteiger partial charge in [-0.1, -0.05) is 24.6 Å². The zero-order valence-corrected chi connectivity index (χ0v) is 8.30. The van der Waals surface area contributed by atoms with Gasteiger partial charge in [-0.05, 0) is 18.9 Å². The summed E-state index contributed by atoms with van der Waals surface area (Å²) in [5.41, 5.74) is 7.48. The highest BCUT2D eigenvalue weighted by Gasteiger charge is 2.21. The molecular formula is C9H17ClN2. The Bertz CT molecular complexity index is 159. The van der Waals surface area contributed by atoms with Gasteiger partial charge in [-0.3, -0.25) is 4.90 Å². The smallest absolute Gasteiger partial charge is 0.0174 e. The Morgan fingerprint density at radius 3 is 3.00 bits per heavy atom. The van der Waals surface area contributed by atoms with Crippen LogP contribution in [-0.2, 0) is 0 Å². The fourth-order valence-electron chi connectivity index (χ4n) is 1.60. The van der Waals surface area contributed by atoms with E-state index in [1.165, 1.54) is 0 Å². The Labute approximate surface area is 79.4 Å². The van der Waals surface area contributed by atoms with E-state index in [4.69, 9.17) is 17.3 Å². The maximum atomic E-state index is 5.90. The molecule has 1 aliphatic rings. The maximum absolute atomic E-state index is 5.90. The van der Waals surface area contributed by atoms with E-state index in [0.29, 0.717) is 12.0 Å². The van der Waals surface area contributed by atoms with E-state index in [1.54, 1.807) is 5.54 Å². The molecule has 0 aromatic rings. The van der Waals surface area contributed by atoms with Crippen molar-refractivity contribution in [3.63, 3.8) is 0 Å². The van der Waals surface area contributed by atoms with Crippen LogP contribution >= 0.6 is 11.6 Å². The highest BCUT2D eigenvalue weighted by atomic mass is 35.5. The van der Waals surface area contributed by atoms with Crippen LogP contribution in [0.3, 0.4) is 0 Å². The Morgan fingerprint density at radius 1 is 1.67 bits per heavy atom. The average Bonchev–Trinajstić information content (AvgIpc) is 2.07. The minimum atomic E-state index is 0.390. The molecule has 2 atom stereocenters. The van der Waals surface area contributed by atoms with Crippen LogP contribution in [0.15, 0.2) is 11.6 Å². The van der Waals surface area contributed by atoms with Crippen LogP contribution in [0.25, 0.3) is 0 Å². The quantitative estimate of drug-likeness (QED) is 0.710. The standard InChI is InChI=1S/C9H17ClN2/c1-8-7-12(5-2-4-10)6-3-9(8)11/h2,4,8-9H,3,5-7,11H2,1H3/b4-2+. The molecule has 2 N–H and O–H groups in total. The third-order valence-electron chi connectivity index (χ3n) is 2.51. The van der Waals surface area contributed by atoms with Gasteiger partial charge in [0, 0.05) is 24.7 Å². The molecule has 0 spiro atoms. The van der Waals surface area contributed by atoms with Crippen molar-refractivity contribution in [3.05, 3.63) is 11.6 Å². The summed E-state index contributed by atoms with van der Waals surface area (Å²) >= 11 is 5.45. The highest BCUT2D eigenvalue weighted by molar-refractivity contribution is 6.25. The van der Waals surface area contributed by atoms with Gasteiger partial charge in [0.2, 0.25) is 0 Å². The van der Waals surface area contributed by atoms with Crippen LogP contribution in [0.5, 0.6) is 0 Å². The molecule has 0 radical (unpaired) electrons. The third-order valence-corrected chi connectivity index (χ3v) is 2.69. The summed E-state index contributed by atoms with van der Waals surface area (Å²) in [6, 6.07) is 0.390. The summed E-state index contributed by atoms with van der Waals surface area (Å²) < 4.78 is 0. The second-order valence-corrected chi connectivity index (χ2v) is 3.80. The number of hydrogen-bond donors (Lipinski definition) is 1. The SMILES string of the molecule is CC1CN(C/C=C/Cl)CCC1N. The molecule has 1 rings (SSSR count). The Kier molecular flexibility index (Phi) is 4.06. The Morgan fingerprint density at radius 2 is 2.42 bits per heavy atom. The fourth-order valence-corrected chi connectivity index (χ4v) is 1.68. The van der Waals surface area contributed by atoms with E-state index in [-0.39, 0.29) is 0 Å². The molecule has 0 bridgehead atoms. The van der Waals surface area contributed by atoms with Gasteiger partial charge in [-0.2, -0.15) is 0 Å². The number of rotatable bonds is 2. The van der Waals surface area contributed by atoms with Gasteiger partial charge in [0.15, 0.2) is 0 Å². The van der Waals surface area contributed by atoms with Gasteiger partial charge in [0.25, 0.3) is 0 Å². The van der Waals surface area contributed by atoms with Crippen LogP contribution in [-0.4, -0.2) is 30.6 Å². The first-order valence-electron chi connectivity index (χ1n) is 4.47. The van der Waals surface area contributed by atoms with Gasteiger partial charge < -0.3 is 5.73 Å². The fraction of sp³-hybridized carbons (Fsp3) is 0.778. The first kappa shape index (κ1) is 10.0. The molecule has 1 aliphatic heterocycles. The van der Waals surface area contributed by atoms with Crippen LogP contribution in [0.2, 0.25) is 0 Å². The molecule has 0 amide bonds. The molecule has 2 unspecified atom stereocenters. The topological polar surface area (TPSA) is 29.3 Å². The molecule has 1 heterocycles. The second-order valence-electron chi connectivity index (χ2n) is 3.55. The normalized spacial score (nSPS) is 32.9. The predicted octanol–water partition coefficient (Wildman–Crippen LogP) is 1.41. The second kappa shape index (κ2) is 4.85. The number of piperidine rings is 1. The van der Waals surface area contributed by atoms with Crippen molar-refractivity contribution in [1.29, 1.82) is 0 Å². The van der Waals surface area contributed by atoms with Crippen molar-refractivity contribution in [1.82, 2.24) is 4.90 Å². The van der Waals surface area contributed by atoms with E-state index >= 15 is 0 Å². The lowest BCUT2D eigenvalue weighted by Crippen LogP contribution is -2.45. The van der Waals surface area contributed by atoms with Crippen molar-refractivity contribution in [2.24, 2.45) is 11.7 Å². The monoisotopic (exact) mass is 188 g/mol. The molecule has 1 saturated heterocycles. The molecule has 0 aromatic carbocycles. The van der Waals surface area contributed by atoms with Crippen molar-refractivity contribution < 1.29 is 0 Å². The average molecular weight is 189 g/mol. The summed E-state index contributed by atoms with van der Waals surface area (Å²) in [6.45, 7) is 5.37. The lowest BCUT2D eigenvalue weighted by atomic mass is 9.95. The molecule has 0 saturated carbocycles. The Balaban J connectivity index is 2.30. The summed E-state index contributed by atoms with van der Waals surface area (Å²) in [6.07, 6.45) is 3.09. The largest absolute Gasteiger partial charge is 0.327 e. The molecule has 0 aromatic heterocycles. The first-order valence-corrected chi connectivity index (χ1v) is 4.91. The van der Waals surface area contributed by atoms with E-state index in [9.17, 15) is 0 Å². The third kappa shape index (κ3) is 2.77. The van der Waals surface area contributed by atoms with E-state index in [2.05, 4.69) is 11.8 Å². The number of halogens is 1. The molecule has 12 heavy (non-hydrogen) atoms. The summed E-state index contributed by atoms with van der Waals surface area (Å²) in [4.78, 5) is 2.38. The number of hydrogen-bond acceptors (Lipinski definition) is 2. The summed E-state index contributed by atoms with van der Waals surface area (Å²) in [5, 5.41) is 0. The van der Waals surface area contributed by atoms with Crippen LogP contribution in [0.4, 0.5) is 0 Å². The van der Waals surface area contributed by atoms with Gasteiger partial charge >= 0.3 is 0 Å². The minimum absolute atomic E-state index is 0.390. The van der Waals surface area contributed by atoms with Crippen LogP contribution in [0, 0.1) is 5.92 Å². The van der Waals surface area contributed by atoms with Crippen LogP contribution in [0.1, 0.15) is 13.3 Å². The van der Waals surface area contributed by atoms with Gasteiger partial charge in [0.1, 0.15) is 0 Å². The molecular weight excluding hydrogens is 172 g/mol. The van der Waals surface area contributed by atoms with Crippen LogP contribution < -0.4 is 5.73 Å². The van der Waals surface area contributed by atoms with Crippen molar-refractivity contribution in [2.45, 2.75) is 19.4 Å². The van der Waals surface area contributed by atoms with E-state index in [1.807, 2.05) is 6.08 Å². The summed E-state index contributed by atoms with van der Waals surface area (Å²) in [7, 11) is 0. The summed E-state index contributed by atoms with van der Waals surface area (Å²) in [5.74, 6) is 0.613. The maximum Gasteiger partial charge on any atom is 0.0174 e. The van der Waals surface area contributed by atoms with Gasteiger partial charge in [0.05, 0.1) is 0 Å². The zero-order chi connectivity index (χ0) is 8.97. The molecule has 3 heteroatoms. The number of nitrogens with two attached hydrogens (primary N) is 1. The molecule has 70 valence electrons. The van der Waals surface area contributed by atoms with E-state index < -0.39 is 0 Å². The van der Waals surface area contributed by atoms with Gasteiger partial charge in [-0.25, -0.2) is 0 Å². The zero-order valence-electron chi connectivity index (χ0n) is 7.54. The predicted molar refractivity (Wildman–Crippen MR) is 53.2 cm³/mol. The first-order chi connectivity index (χ1) is 5.74. The van der Waals surface area contributed by atoms with E-state index in [0.717, 1.165) is 26.1 Å². The minimum Gasteiger partial charge on any atom is -0.327 e. The van der Waals surface area contributed by atoms with Crippen molar-refractivity contribution in [2.75, 3.05) is 19.6 Å². The molecule has 0 aliphatic carbocycles. The molecule has 1 fully saturated rings. The van der Waals surface area contributed by atoms with Gasteiger partial charge in [-0.15, -0.1) is 0 Å². The van der Waals surface area contributed by atoms with Crippen molar-refractivity contribution >= 4 is 11.6 Å². The number of nitrogens with zero attached hydrogens (tertiary/aromatic N) is 1. The number of likely N-dealkylation sites (tertiary alicyclic amines) is 1. The van der Waals surface area contributed by atoms with Crippen molar-refractivity contribution in [3.8, 4) is 0 Å². The lowest BCUT2D eigenvalue weighted by molar-refractivity contribution is 0.180. The Hall–Kier alpha value is -0.0500. The highest BCUT2D eigenvalue weighted by Crippen LogP contribution is 2.14. The lowest BCUT2D eigenvalue weighted by Gasteiger charge is -2.34. The molecule has 2 nitrogen and oxygen atoms in total.